The van der Waals surface area contributed by atoms with Gasteiger partial charge in [0.15, 0.2) is 5.78 Å². The number of ether oxygens (including phenoxy) is 2. The molecule has 0 bridgehead atoms. The number of likely N-dealkylation sites (N-methyl/N-ethyl adjacent to an activating group) is 1. The average Bonchev–Trinajstić information content (AvgIpc) is 2.74. The van der Waals surface area contributed by atoms with Crippen molar-refractivity contribution in [2.45, 2.75) is 11.8 Å². The van der Waals surface area contributed by atoms with Crippen molar-refractivity contribution in [3.63, 3.8) is 0 Å². The van der Waals surface area contributed by atoms with Gasteiger partial charge in [-0.25, -0.2) is 13.2 Å². The number of anilines is 2. The number of ketones is 1. The molecule has 0 spiro atoms. The van der Waals surface area contributed by atoms with Crippen LogP contribution in [0.3, 0.4) is 0 Å². The van der Waals surface area contributed by atoms with E-state index in [-0.39, 0.29) is 23.9 Å². The van der Waals surface area contributed by atoms with E-state index in [4.69, 9.17) is 9.47 Å². The molecular weight excluding hydrogens is 438 g/mol. The van der Waals surface area contributed by atoms with E-state index in [9.17, 15) is 22.8 Å². The van der Waals surface area contributed by atoms with E-state index in [0.29, 0.717) is 16.9 Å². The molecule has 0 atom stereocenters. The summed E-state index contributed by atoms with van der Waals surface area (Å²) in [5, 5.41) is 5.10. The second kappa shape index (κ2) is 11.4. The number of benzene rings is 2. The van der Waals surface area contributed by atoms with Crippen molar-refractivity contribution in [3.05, 3.63) is 54.1 Å². The summed E-state index contributed by atoms with van der Waals surface area (Å²) < 4.78 is 36.0. The van der Waals surface area contributed by atoms with E-state index in [1.807, 2.05) is 0 Å². The van der Waals surface area contributed by atoms with Crippen molar-refractivity contribution in [2.24, 2.45) is 0 Å². The third-order valence-electron chi connectivity index (χ3n) is 4.25. The fourth-order valence-corrected chi connectivity index (χ4v) is 3.70. The molecule has 10 nitrogen and oxygen atoms in total. The molecule has 0 heterocycles. The van der Waals surface area contributed by atoms with Gasteiger partial charge < -0.3 is 14.8 Å². The lowest BCUT2D eigenvalue weighted by atomic mass is 10.2. The Labute approximate surface area is 186 Å². The molecule has 0 saturated carbocycles. The monoisotopic (exact) mass is 463 g/mol. The van der Waals surface area contributed by atoms with E-state index < -0.39 is 28.6 Å². The fourth-order valence-electron chi connectivity index (χ4n) is 2.58. The van der Waals surface area contributed by atoms with Gasteiger partial charge >= 0.3 is 6.09 Å². The summed E-state index contributed by atoms with van der Waals surface area (Å²) in [6.07, 6.45) is -0.674. The van der Waals surface area contributed by atoms with E-state index in [1.54, 1.807) is 18.2 Å². The van der Waals surface area contributed by atoms with Crippen molar-refractivity contribution in [1.82, 2.24) is 4.31 Å². The molecule has 0 radical (unpaired) electrons. The SMILES string of the molecule is COCCOC(=O)Nc1cccc(NC(=O)CN(C)S(=O)(=O)c2ccc(C(C)=O)cc2)c1. The standard InChI is InChI=1S/C21H25N3O7S/c1-15(25)16-7-9-19(10-8-16)32(28,29)24(2)14-20(26)22-17-5-4-6-18(13-17)23-21(27)31-12-11-30-3/h4-10,13H,11-12,14H2,1-3H3,(H,22,26)(H,23,27). The van der Waals surface area contributed by atoms with Crippen LogP contribution in [-0.2, 0) is 24.3 Å². The highest BCUT2D eigenvalue weighted by Crippen LogP contribution is 2.17. The second-order valence-electron chi connectivity index (χ2n) is 6.72. The molecule has 0 aliphatic rings. The highest BCUT2D eigenvalue weighted by molar-refractivity contribution is 7.89. The Morgan fingerprint density at radius 2 is 1.59 bits per heavy atom. The molecule has 0 saturated heterocycles. The molecule has 2 N–H and O–H groups in total. The van der Waals surface area contributed by atoms with Crippen LogP contribution >= 0.6 is 0 Å². The summed E-state index contributed by atoms with van der Waals surface area (Å²) in [5.74, 6) is -0.752. The van der Waals surface area contributed by atoms with Gasteiger partial charge in [-0.1, -0.05) is 18.2 Å². The van der Waals surface area contributed by atoms with Gasteiger partial charge in [-0.05, 0) is 37.3 Å². The number of hydrogen-bond donors (Lipinski definition) is 2. The lowest BCUT2D eigenvalue weighted by Crippen LogP contribution is -2.35. The Morgan fingerprint density at radius 1 is 0.969 bits per heavy atom. The van der Waals surface area contributed by atoms with Crippen LogP contribution < -0.4 is 10.6 Å². The Kier molecular flexibility index (Phi) is 8.88. The lowest BCUT2D eigenvalue weighted by Gasteiger charge is -2.17. The first-order valence-electron chi connectivity index (χ1n) is 9.53. The zero-order chi connectivity index (χ0) is 23.7. The minimum Gasteiger partial charge on any atom is -0.447 e. The van der Waals surface area contributed by atoms with Gasteiger partial charge in [-0.3, -0.25) is 14.9 Å². The zero-order valence-electron chi connectivity index (χ0n) is 18.0. The molecule has 2 aromatic rings. The number of nitrogens with one attached hydrogen (secondary N) is 2. The maximum atomic E-state index is 12.7. The molecule has 0 aliphatic carbocycles. The summed E-state index contributed by atoms with van der Waals surface area (Å²) in [7, 11) is -1.16. The number of carbonyl (C=O) groups is 3. The summed E-state index contributed by atoms with van der Waals surface area (Å²) >= 11 is 0. The minimum atomic E-state index is -3.93. The van der Waals surface area contributed by atoms with E-state index in [2.05, 4.69) is 10.6 Å². The van der Waals surface area contributed by atoms with Crippen LogP contribution in [0.2, 0.25) is 0 Å². The second-order valence-corrected chi connectivity index (χ2v) is 8.77. The normalized spacial score (nSPS) is 11.1. The van der Waals surface area contributed by atoms with Crippen LogP contribution in [0.1, 0.15) is 17.3 Å². The number of hydrogen-bond acceptors (Lipinski definition) is 7. The van der Waals surface area contributed by atoms with Crippen molar-refractivity contribution in [3.8, 4) is 0 Å². The van der Waals surface area contributed by atoms with Crippen LogP contribution in [0, 0.1) is 0 Å². The molecule has 32 heavy (non-hydrogen) atoms. The molecule has 2 amide bonds. The van der Waals surface area contributed by atoms with Gasteiger partial charge in [0.05, 0.1) is 18.0 Å². The number of Topliss-reactive ketones (excluding diaryl/α,β-unsaturated/α-hetero) is 1. The predicted octanol–water partition coefficient (Wildman–Crippen LogP) is 2.34. The van der Waals surface area contributed by atoms with Crippen molar-refractivity contribution < 1.29 is 32.3 Å². The fraction of sp³-hybridized carbons (Fsp3) is 0.286. The van der Waals surface area contributed by atoms with Gasteiger partial charge in [0.1, 0.15) is 6.61 Å². The van der Waals surface area contributed by atoms with Crippen molar-refractivity contribution in [1.29, 1.82) is 0 Å². The largest absolute Gasteiger partial charge is 0.447 e. The minimum absolute atomic E-state index is 0.0315. The molecule has 0 aromatic heterocycles. The third kappa shape index (κ3) is 7.15. The van der Waals surface area contributed by atoms with Crippen LogP contribution in [0.15, 0.2) is 53.4 Å². The maximum absolute atomic E-state index is 12.7. The molecule has 0 unspecified atom stereocenters. The van der Waals surface area contributed by atoms with Crippen molar-refractivity contribution in [2.75, 3.05) is 44.5 Å². The Balaban J connectivity index is 1.98. The maximum Gasteiger partial charge on any atom is 0.411 e. The molecule has 0 fully saturated rings. The summed E-state index contributed by atoms with van der Waals surface area (Å²) in [4.78, 5) is 35.4. The number of methoxy groups -OCH3 is 1. The third-order valence-corrected chi connectivity index (χ3v) is 6.07. The van der Waals surface area contributed by atoms with Crippen LogP contribution in [-0.4, -0.2) is 64.4 Å². The molecule has 11 heteroatoms. The first-order chi connectivity index (χ1) is 15.1. The first kappa shape index (κ1) is 25.0. The highest BCUT2D eigenvalue weighted by Gasteiger charge is 2.23. The highest BCUT2D eigenvalue weighted by atomic mass is 32.2. The molecule has 2 aromatic carbocycles. The summed E-state index contributed by atoms with van der Waals surface area (Å²) in [5.41, 5.74) is 1.14. The van der Waals surface area contributed by atoms with Crippen LogP contribution in [0.25, 0.3) is 0 Å². The predicted molar refractivity (Wildman–Crippen MR) is 118 cm³/mol. The lowest BCUT2D eigenvalue weighted by molar-refractivity contribution is -0.116. The van der Waals surface area contributed by atoms with Gasteiger partial charge in [0.25, 0.3) is 0 Å². The van der Waals surface area contributed by atoms with Crippen LogP contribution in [0.5, 0.6) is 0 Å². The summed E-state index contributed by atoms with van der Waals surface area (Å²) in [6, 6.07) is 11.8. The smallest absolute Gasteiger partial charge is 0.411 e. The number of carbonyl (C=O) groups excluding carboxylic acids is 3. The number of amides is 2. The molecule has 2 rings (SSSR count). The van der Waals surface area contributed by atoms with Gasteiger partial charge in [0, 0.05) is 31.1 Å². The topological polar surface area (TPSA) is 131 Å². The van der Waals surface area contributed by atoms with Crippen LogP contribution in [0.4, 0.5) is 16.2 Å². The number of rotatable bonds is 10. The molecular formula is C21H25N3O7S. The number of sulfonamides is 1. The van der Waals surface area contributed by atoms with E-state index in [0.717, 1.165) is 4.31 Å². The quantitative estimate of drug-likeness (QED) is 0.408. The summed E-state index contributed by atoms with van der Waals surface area (Å²) in [6.45, 7) is 1.31. The molecule has 0 aliphatic heterocycles. The zero-order valence-corrected chi connectivity index (χ0v) is 18.8. The van der Waals surface area contributed by atoms with Gasteiger partial charge in [0.2, 0.25) is 15.9 Å². The first-order valence-corrected chi connectivity index (χ1v) is 11.0. The Hall–Kier alpha value is -3.28. The Bertz CT molecular complexity index is 1070. The van der Waals surface area contributed by atoms with E-state index in [1.165, 1.54) is 51.4 Å². The average molecular weight is 464 g/mol. The van der Waals surface area contributed by atoms with E-state index >= 15 is 0 Å². The Morgan fingerprint density at radius 3 is 2.19 bits per heavy atom. The van der Waals surface area contributed by atoms with Gasteiger partial charge in [-0.2, -0.15) is 4.31 Å². The molecule has 172 valence electrons. The number of nitrogens with zero attached hydrogens (tertiary/aromatic N) is 1. The van der Waals surface area contributed by atoms with Crippen molar-refractivity contribution >= 4 is 39.2 Å². The van der Waals surface area contributed by atoms with Gasteiger partial charge in [-0.15, -0.1) is 0 Å².